The van der Waals surface area contributed by atoms with Crippen molar-refractivity contribution >= 4 is 28.3 Å². The summed E-state index contributed by atoms with van der Waals surface area (Å²) in [6, 6.07) is 19.3. The number of carbonyl (C=O) groups is 1. The molecule has 4 heterocycles. The standard InChI is InChI=1S/C32H26N8O2/c1-19-16-18-35-30-27(28(33)38-40(19)30)31(41)36-21(3)29-37-25-13-7-9-23(15-14-22-10-8-17-34-20(22)2)26(25)32(42)39(29)24-11-5-4-6-12-24/h4-13,16-18,21H,1-3H3,(H2,33,38)(H,36,41)/t21-/m1/s1. The molecule has 4 aromatic heterocycles. The highest BCUT2D eigenvalue weighted by atomic mass is 16.2. The molecule has 10 heteroatoms. The summed E-state index contributed by atoms with van der Waals surface area (Å²) in [6.07, 6.45) is 3.31. The van der Waals surface area contributed by atoms with Crippen LogP contribution in [0.3, 0.4) is 0 Å². The first-order chi connectivity index (χ1) is 20.3. The van der Waals surface area contributed by atoms with Crippen molar-refractivity contribution in [1.29, 1.82) is 0 Å². The molecule has 0 aliphatic heterocycles. The summed E-state index contributed by atoms with van der Waals surface area (Å²) in [7, 11) is 0. The van der Waals surface area contributed by atoms with Gasteiger partial charge < -0.3 is 11.1 Å². The average molecular weight is 555 g/mol. The molecule has 6 rings (SSSR count). The molecule has 0 aliphatic rings. The largest absolute Gasteiger partial charge is 0.381 e. The molecule has 0 saturated heterocycles. The molecule has 1 amide bonds. The van der Waals surface area contributed by atoms with Gasteiger partial charge in [0, 0.05) is 29.2 Å². The average Bonchev–Trinajstić information content (AvgIpc) is 3.34. The van der Waals surface area contributed by atoms with E-state index < -0.39 is 11.9 Å². The summed E-state index contributed by atoms with van der Waals surface area (Å²) in [5.41, 5.74) is 10.3. The van der Waals surface area contributed by atoms with E-state index in [1.54, 1.807) is 37.5 Å². The van der Waals surface area contributed by atoms with Gasteiger partial charge in [-0.2, -0.15) is 0 Å². The SMILES string of the molecule is Cc1ncccc1C#Cc1cccc2nc([C@@H](C)NC(=O)c3c(N)nn4c(C)ccnc34)n(-c3ccccc3)c(=O)c12. The Morgan fingerprint density at radius 3 is 2.48 bits per heavy atom. The van der Waals surface area contributed by atoms with E-state index in [9.17, 15) is 9.59 Å². The number of hydrogen-bond acceptors (Lipinski definition) is 7. The Morgan fingerprint density at radius 1 is 0.929 bits per heavy atom. The third-order valence-electron chi connectivity index (χ3n) is 6.97. The fraction of sp³-hybridized carbons (Fsp3) is 0.125. The van der Waals surface area contributed by atoms with Gasteiger partial charge in [-0.1, -0.05) is 36.1 Å². The molecule has 10 nitrogen and oxygen atoms in total. The zero-order valence-electron chi connectivity index (χ0n) is 23.2. The van der Waals surface area contributed by atoms with Gasteiger partial charge in [0.1, 0.15) is 11.4 Å². The van der Waals surface area contributed by atoms with E-state index in [0.717, 1.165) is 17.0 Å². The minimum absolute atomic E-state index is 0.0560. The first-order valence-electron chi connectivity index (χ1n) is 13.3. The summed E-state index contributed by atoms with van der Waals surface area (Å²) in [5.74, 6) is 6.21. The van der Waals surface area contributed by atoms with Crippen LogP contribution in [-0.2, 0) is 0 Å². The van der Waals surface area contributed by atoms with Crippen LogP contribution in [0.5, 0.6) is 0 Å². The molecule has 0 spiro atoms. The molecule has 0 saturated carbocycles. The van der Waals surface area contributed by atoms with Crippen LogP contribution in [0.25, 0.3) is 22.2 Å². The molecule has 0 unspecified atom stereocenters. The number of fused-ring (bicyclic) bond motifs is 2. The Kier molecular flexibility index (Phi) is 6.68. The van der Waals surface area contributed by atoms with E-state index in [4.69, 9.17) is 10.7 Å². The smallest absolute Gasteiger partial charge is 0.267 e. The van der Waals surface area contributed by atoms with Crippen LogP contribution >= 0.6 is 0 Å². The lowest BCUT2D eigenvalue weighted by atomic mass is 10.1. The Balaban J connectivity index is 1.48. The zero-order chi connectivity index (χ0) is 29.4. The summed E-state index contributed by atoms with van der Waals surface area (Å²) in [6.45, 7) is 5.50. The van der Waals surface area contributed by atoms with Crippen molar-refractivity contribution in [3.05, 3.63) is 123 Å². The van der Waals surface area contributed by atoms with Crippen LogP contribution in [-0.4, -0.2) is 35.0 Å². The van der Waals surface area contributed by atoms with Crippen LogP contribution in [0.4, 0.5) is 5.82 Å². The monoisotopic (exact) mass is 554 g/mol. The maximum atomic E-state index is 14.2. The van der Waals surface area contributed by atoms with Gasteiger partial charge in [-0.3, -0.25) is 19.1 Å². The number of rotatable bonds is 4. The van der Waals surface area contributed by atoms with Gasteiger partial charge in [0.05, 0.1) is 28.3 Å². The topological polar surface area (TPSA) is 133 Å². The zero-order valence-corrected chi connectivity index (χ0v) is 23.2. The molecule has 0 fully saturated rings. The van der Waals surface area contributed by atoms with Gasteiger partial charge >= 0.3 is 0 Å². The lowest BCUT2D eigenvalue weighted by Gasteiger charge is -2.20. The van der Waals surface area contributed by atoms with E-state index in [2.05, 4.69) is 32.2 Å². The summed E-state index contributed by atoms with van der Waals surface area (Å²) in [5, 5.41) is 7.60. The molecule has 1 atom stereocenters. The number of nitrogens with one attached hydrogen (secondary N) is 1. The Labute approximate surface area is 240 Å². The van der Waals surface area contributed by atoms with Crippen molar-refractivity contribution in [3.8, 4) is 17.5 Å². The van der Waals surface area contributed by atoms with Crippen molar-refractivity contribution in [3.63, 3.8) is 0 Å². The van der Waals surface area contributed by atoms with Crippen LogP contribution in [0.1, 0.15) is 51.7 Å². The van der Waals surface area contributed by atoms with Crippen molar-refractivity contribution in [2.75, 3.05) is 5.73 Å². The van der Waals surface area contributed by atoms with Gasteiger partial charge in [0.25, 0.3) is 11.5 Å². The van der Waals surface area contributed by atoms with Gasteiger partial charge in [-0.05, 0) is 63.2 Å². The predicted molar refractivity (Wildman–Crippen MR) is 160 cm³/mol. The van der Waals surface area contributed by atoms with Gasteiger partial charge in [-0.25, -0.2) is 14.5 Å². The molecular formula is C32H26N8O2. The van der Waals surface area contributed by atoms with Gasteiger partial charge in [0.2, 0.25) is 0 Å². The van der Waals surface area contributed by atoms with Crippen LogP contribution in [0.2, 0.25) is 0 Å². The molecule has 0 bridgehead atoms. The maximum Gasteiger partial charge on any atom is 0.267 e. The Morgan fingerprint density at radius 2 is 1.69 bits per heavy atom. The van der Waals surface area contributed by atoms with E-state index in [0.29, 0.717) is 33.6 Å². The number of aryl methyl sites for hydroxylation is 2. The number of para-hydroxylation sites is 1. The fourth-order valence-corrected chi connectivity index (χ4v) is 4.85. The van der Waals surface area contributed by atoms with Crippen molar-refractivity contribution in [1.82, 2.24) is 34.4 Å². The van der Waals surface area contributed by atoms with Crippen LogP contribution < -0.4 is 16.6 Å². The Bertz CT molecular complexity index is 2120. The second kappa shape index (κ2) is 10.6. The summed E-state index contributed by atoms with van der Waals surface area (Å²) >= 11 is 0. The van der Waals surface area contributed by atoms with E-state index in [1.165, 1.54) is 9.08 Å². The lowest BCUT2D eigenvalue weighted by molar-refractivity contribution is 0.0940. The molecule has 206 valence electrons. The normalized spacial score (nSPS) is 11.7. The molecule has 2 aromatic carbocycles. The van der Waals surface area contributed by atoms with Crippen LogP contribution in [0.15, 0.2) is 83.9 Å². The maximum absolute atomic E-state index is 14.2. The van der Waals surface area contributed by atoms with Crippen LogP contribution in [0, 0.1) is 25.7 Å². The third-order valence-corrected chi connectivity index (χ3v) is 6.97. The lowest BCUT2D eigenvalue weighted by Crippen LogP contribution is -2.33. The number of nitrogen functional groups attached to an aromatic ring is 1. The fourth-order valence-electron chi connectivity index (χ4n) is 4.85. The second-order valence-electron chi connectivity index (χ2n) is 9.81. The number of anilines is 1. The van der Waals surface area contributed by atoms with E-state index >= 15 is 0 Å². The highest BCUT2D eigenvalue weighted by Gasteiger charge is 2.25. The number of nitrogens with zero attached hydrogens (tertiary/aromatic N) is 6. The van der Waals surface area contributed by atoms with Crippen molar-refractivity contribution < 1.29 is 4.79 Å². The number of aromatic nitrogens is 6. The molecule has 6 aromatic rings. The predicted octanol–water partition coefficient (Wildman–Crippen LogP) is 3.91. The highest BCUT2D eigenvalue weighted by molar-refractivity contribution is 6.04. The molecular weight excluding hydrogens is 528 g/mol. The molecule has 0 radical (unpaired) electrons. The third kappa shape index (κ3) is 4.63. The quantitative estimate of drug-likeness (QED) is 0.316. The van der Waals surface area contributed by atoms with E-state index in [-0.39, 0.29) is 16.9 Å². The second-order valence-corrected chi connectivity index (χ2v) is 9.81. The Hall–Kier alpha value is -5.82. The highest BCUT2D eigenvalue weighted by Crippen LogP contribution is 2.22. The number of benzene rings is 2. The molecule has 42 heavy (non-hydrogen) atoms. The molecule has 0 aliphatic carbocycles. The number of hydrogen-bond donors (Lipinski definition) is 2. The van der Waals surface area contributed by atoms with Crippen molar-refractivity contribution in [2.24, 2.45) is 0 Å². The minimum Gasteiger partial charge on any atom is -0.381 e. The minimum atomic E-state index is -0.693. The number of carbonyl (C=O) groups excluding carboxylic acids is 1. The van der Waals surface area contributed by atoms with Gasteiger partial charge in [0.15, 0.2) is 11.5 Å². The molecule has 3 N–H and O–H groups in total. The summed E-state index contributed by atoms with van der Waals surface area (Å²) < 4.78 is 3.04. The number of amides is 1. The van der Waals surface area contributed by atoms with E-state index in [1.807, 2.05) is 62.4 Å². The number of pyridine rings is 1. The number of nitrogens with two attached hydrogens (primary N) is 1. The first kappa shape index (κ1) is 26.4. The summed E-state index contributed by atoms with van der Waals surface area (Å²) in [4.78, 5) is 41.2. The van der Waals surface area contributed by atoms with Gasteiger partial charge in [-0.15, -0.1) is 5.10 Å². The first-order valence-corrected chi connectivity index (χ1v) is 13.3. The van der Waals surface area contributed by atoms with Crippen molar-refractivity contribution in [2.45, 2.75) is 26.8 Å².